The van der Waals surface area contributed by atoms with Crippen molar-refractivity contribution in [3.8, 4) is 39.1 Å². The quantitative estimate of drug-likeness (QED) is 0.162. The first-order valence-electron chi connectivity index (χ1n) is 18.5. The van der Waals surface area contributed by atoms with Gasteiger partial charge in [0.2, 0.25) is 0 Å². The van der Waals surface area contributed by atoms with Crippen LogP contribution in [0.25, 0.3) is 71.6 Å². The summed E-state index contributed by atoms with van der Waals surface area (Å²) in [4.78, 5) is 2.43. The van der Waals surface area contributed by atoms with Crippen molar-refractivity contribution in [2.45, 2.75) is 0 Å². The van der Waals surface area contributed by atoms with Gasteiger partial charge in [-0.15, -0.1) is 0 Å². The molecule has 10 rings (SSSR count). The van der Waals surface area contributed by atoms with Crippen molar-refractivity contribution in [3.05, 3.63) is 218 Å². The summed E-state index contributed by atoms with van der Waals surface area (Å²) in [6, 6.07) is 78.9. The van der Waals surface area contributed by atoms with Gasteiger partial charge in [0.15, 0.2) is 0 Å². The molecular formula is C52H36N2. The normalized spacial score (nSPS) is 11.3. The predicted octanol–water partition coefficient (Wildman–Crippen LogP) is 14.4. The smallest absolute Gasteiger partial charge is 0.0562 e. The summed E-state index contributed by atoms with van der Waals surface area (Å²) in [5.41, 5.74) is 14.0. The summed E-state index contributed by atoms with van der Waals surface area (Å²) in [5, 5.41) is 4.87. The van der Waals surface area contributed by atoms with Crippen LogP contribution >= 0.6 is 0 Å². The number of hydrogen-bond donors (Lipinski definition) is 0. The molecule has 0 atom stereocenters. The lowest BCUT2D eigenvalue weighted by molar-refractivity contribution is 1.18. The molecule has 1 heterocycles. The zero-order chi connectivity index (χ0) is 35.8. The highest BCUT2D eigenvalue weighted by Gasteiger charge is 2.21. The Morgan fingerprint density at radius 3 is 1.54 bits per heavy atom. The zero-order valence-electron chi connectivity index (χ0n) is 29.7. The molecule has 0 spiro atoms. The standard InChI is InChI=1S/C52H36N2/c1-4-16-37(17-5-1)38-28-30-41(31-29-38)53(51-35-34-43(39-18-6-2-7-19-39)45-23-10-11-24-46(45)51)42-32-33-48-47-25-13-15-27-50(47)54(52(48)36-42)49-26-14-12-22-44(49)40-20-8-3-9-21-40/h1-36H. The molecule has 0 N–H and O–H groups in total. The van der Waals surface area contributed by atoms with Crippen molar-refractivity contribution in [1.82, 2.24) is 4.57 Å². The number of fused-ring (bicyclic) bond motifs is 4. The van der Waals surface area contributed by atoms with Gasteiger partial charge in [-0.05, 0) is 75.7 Å². The lowest BCUT2D eigenvalue weighted by atomic mass is 9.96. The molecule has 2 heteroatoms. The molecule has 9 aromatic carbocycles. The molecule has 0 aliphatic heterocycles. The lowest BCUT2D eigenvalue weighted by Crippen LogP contribution is -2.11. The van der Waals surface area contributed by atoms with E-state index in [4.69, 9.17) is 0 Å². The van der Waals surface area contributed by atoms with Gasteiger partial charge in [0.05, 0.1) is 22.4 Å². The maximum Gasteiger partial charge on any atom is 0.0562 e. The second-order valence-electron chi connectivity index (χ2n) is 13.7. The lowest BCUT2D eigenvalue weighted by Gasteiger charge is -2.28. The molecule has 254 valence electrons. The van der Waals surface area contributed by atoms with Crippen LogP contribution in [0.1, 0.15) is 0 Å². The van der Waals surface area contributed by atoms with E-state index in [1.165, 1.54) is 60.4 Å². The van der Waals surface area contributed by atoms with Crippen molar-refractivity contribution < 1.29 is 0 Å². The van der Waals surface area contributed by atoms with Gasteiger partial charge in [0.25, 0.3) is 0 Å². The van der Waals surface area contributed by atoms with Crippen LogP contribution < -0.4 is 4.90 Å². The first kappa shape index (κ1) is 31.6. The van der Waals surface area contributed by atoms with Gasteiger partial charge in [0.1, 0.15) is 0 Å². The topological polar surface area (TPSA) is 8.17 Å². The molecular weight excluding hydrogens is 653 g/mol. The van der Waals surface area contributed by atoms with E-state index in [1.54, 1.807) is 0 Å². The van der Waals surface area contributed by atoms with E-state index in [2.05, 4.69) is 228 Å². The Bertz CT molecular complexity index is 2910. The largest absolute Gasteiger partial charge is 0.310 e. The molecule has 10 aromatic rings. The van der Waals surface area contributed by atoms with E-state index in [0.29, 0.717) is 0 Å². The fourth-order valence-electron chi connectivity index (χ4n) is 8.10. The van der Waals surface area contributed by atoms with E-state index >= 15 is 0 Å². The monoisotopic (exact) mass is 688 g/mol. The Labute approximate surface area is 315 Å². The number of rotatable bonds is 7. The van der Waals surface area contributed by atoms with Crippen molar-refractivity contribution in [2.75, 3.05) is 4.90 Å². The third-order valence-electron chi connectivity index (χ3n) is 10.6. The minimum absolute atomic E-state index is 1.09. The minimum Gasteiger partial charge on any atom is -0.310 e. The van der Waals surface area contributed by atoms with Gasteiger partial charge < -0.3 is 9.47 Å². The average Bonchev–Trinajstić information content (AvgIpc) is 3.58. The highest BCUT2D eigenvalue weighted by Crippen LogP contribution is 2.45. The number of benzene rings is 9. The van der Waals surface area contributed by atoms with Crippen LogP contribution in [-0.2, 0) is 0 Å². The maximum atomic E-state index is 2.45. The first-order chi connectivity index (χ1) is 26.8. The summed E-state index contributed by atoms with van der Waals surface area (Å²) >= 11 is 0. The summed E-state index contributed by atoms with van der Waals surface area (Å²) in [5.74, 6) is 0. The SMILES string of the molecule is c1ccc(-c2ccc(N(c3ccc4c5ccccc5n(-c5ccccc5-c5ccccc5)c4c3)c3ccc(-c4ccccc4)c4ccccc34)cc2)cc1. The Morgan fingerprint density at radius 1 is 0.296 bits per heavy atom. The van der Waals surface area contributed by atoms with Crippen LogP contribution in [0.4, 0.5) is 17.1 Å². The Morgan fingerprint density at radius 2 is 0.815 bits per heavy atom. The molecule has 0 bridgehead atoms. The van der Waals surface area contributed by atoms with Crippen LogP contribution in [0, 0.1) is 0 Å². The molecule has 0 aliphatic carbocycles. The molecule has 1 aromatic heterocycles. The predicted molar refractivity (Wildman–Crippen MR) is 229 cm³/mol. The zero-order valence-corrected chi connectivity index (χ0v) is 29.7. The van der Waals surface area contributed by atoms with E-state index in [0.717, 1.165) is 28.3 Å². The summed E-state index contributed by atoms with van der Waals surface area (Å²) in [7, 11) is 0. The van der Waals surface area contributed by atoms with Crippen molar-refractivity contribution in [2.24, 2.45) is 0 Å². The van der Waals surface area contributed by atoms with Gasteiger partial charge in [-0.3, -0.25) is 0 Å². The van der Waals surface area contributed by atoms with Gasteiger partial charge in [-0.1, -0.05) is 176 Å². The van der Waals surface area contributed by atoms with Crippen LogP contribution in [0.2, 0.25) is 0 Å². The molecule has 0 fully saturated rings. The number of aromatic nitrogens is 1. The third kappa shape index (κ3) is 5.44. The van der Waals surface area contributed by atoms with Crippen LogP contribution in [0.5, 0.6) is 0 Å². The second-order valence-corrected chi connectivity index (χ2v) is 13.7. The molecule has 0 unspecified atom stereocenters. The van der Waals surface area contributed by atoms with Crippen molar-refractivity contribution in [1.29, 1.82) is 0 Å². The fourth-order valence-corrected chi connectivity index (χ4v) is 8.10. The van der Waals surface area contributed by atoms with E-state index in [1.807, 2.05) is 0 Å². The number of hydrogen-bond acceptors (Lipinski definition) is 1. The van der Waals surface area contributed by atoms with E-state index < -0.39 is 0 Å². The van der Waals surface area contributed by atoms with Gasteiger partial charge >= 0.3 is 0 Å². The van der Waals surface area contributed by atoms with Gasteiger partial charge in [0, 0.05) is 33.1 Å². The molecule has 0 amide bonds. The third-order valence-corrected chi connectivity index (χ3v) is 10.6. The maximum absolute atomic E-state index is 2.45. The Balaban J connectivity index is 1.23. The first-order valence-corrected chi connectivity index (χ1v) is 18.5. The minimum atomic E-state index is 1.09. The van der Waals surface area contributed by atoms with E-state index in [9.17, 15) is 0 Å². The van der Waals surface area contributed by atoms with E-state index in [-0.39, 0.29) is 0 Å². The van der Waals surface area contributed by atoms with Crippen LogP contribution in [-0.4, -0.2) is 4.57 Å². The number of para-hydroxylation sites is 2. The molecule has 0 aliphatic rings. The highest BCUT2D eigenvalue weighted by atomic mass is 15.1. The number of anilines is 3. The molecule has 0 radical (unpaired) electrons. The van der Waals surface area contributed by atoms with Crippen LogP contribution in [0.15, 0.2) is 218 Å². The highest BCUT2D eigenvalue weighted by molar-refractivity contribution is 6.12. The number of nitrogens with zero attached hydrogens (tertiary/aromatic N) is 2. The summed E-state index contributed by atoms with van der Waals surface area (Å²) < 4.78 is 2.45. The molecule has 54 heavy (non-hydrogen) atoms. The second kappa shape index (κ2) is 13.4. The molecule has 2 nitrogen and oxygen atoms in total. The Hall–Kier alpha value is -7.16. The molecule has 0 saturated carbocycles. The van der Waals surface area contributed by atoms with Gasteiger partial charge in [-0.2, -0.15) is 0 Å². The molecule has 0 saturated heterocycles. The fraction of sp³-hybridized carbons (Fsp3) is 0. The van der Waals surface area contributed by atoms with Crippen molar-refractivity contribution in [3.63, 3.8) is 0 Å². The summed E-state index contributed by atoms with van der Waals surface area (Å²) in [6.07, 6.45) is 0. The van der Waals surface area contributed by atoms with Gasteiger partial charge in [-0.25, -0.2) is 0 Å². The Kier molecular flexibility index (Phi) is 7.85. The summed E-state index contributed by atoms with van der Waals surface area (Å²) in [6.45, 7) is 0. The van der Waals surface area contributed by atoms with Crippen molar-refractivity contribution >= 4 is 49.6 Å². The average molecular weight is 689 g/mol. The van der Waals surface area contributed by atoms with Crippen LogP contribution in [0.3, 0.4) is 0 Å².